The van der Waals surface area contributed by atoms with Gasteiger partial charge in [-0.25, -0.2) is 9.97 Å². The van der Waals surface area contributed by atoms with Crippen LogP contribution in [-0.4, -0.2) is 28.5 Å². The zero-order chi connectivity index (χ0) is 21.8. The summed E-state index contributed by atoms with van der Waals surface area (Å²) in [4.78, 5) is 24.5. The molecule has 31 heavy (non-hydrogen) atoms. The Kier molecular flexibility index (Phi) is 6.71. The van der Waals surface area contributed by atoms with Crippen molar-refractivity contribution in [2.24, 2.45) is 0 Å². The number of anilines is 1. The van der Waals surface area contributed by atoms with Gasteiger partial charge in [0.15, 0.2) is 0 Å². The van der Waals surface area contributed by atoms with E-state index in [2.05, 4.69) is 29.3 Å². The van der Waals surface area contributed by atoms with Gasteiger partial charge in [-0.2, -0.15) is 0 Å². The van der Waals surface area contributed by atoms with Crippen LogP contribution in [0.2, 0.25) is 5.02 Å². The first-order chi connectivity index (χ1) is 15.0. The smallest absolute Gasteiger partial charge is 0.221 e. The van der Waals surface area contributed by atoms with Crippen LogP contribution in [0.15, 0.2) is 48.5 Å². The lowest BCUT2D eigenvalue weighted by Gasteiger charge is -2.26. The van der Waals surface area contributed by atoms with E-state index in [4.69, 9.17) is 21.6 Å². The van der Waals surface area contributed by atoms with E-state index >= 15 is 0 Å². The van der Waals surface area contributed by atoms with Gasteiger partial charge in [-0.3, -0.25) is 4.79 Å². The largest absolute Gasteiger partial charge is 0.354 e. The highest BCUT2D eigenvalue weighted by atomic mass is 35.5. The summed E-state index contributed by atoms with van der Waals surface area (Å²) in [7, 11) is 0. The van der Waals surface area contributed by atoms with Gasteiger partial charge in [0.25, 0.3) is 0 Å². The highest BCUT2D eigenvalue weighted by Crippen LogP contribution is 2.40. The molecule has 0 unspecified atom stereocenters. The van der Waals surface area contributed by atoms with Gasteiger partial charge in [0.05, 0.1) is 5.52 Å². The number of halogens is 1. The summed E-state index contributed by atoms with van der Waals surface area (Å²) in [5, 5.41) is 4.70. The molecule has 0 radical (unpaired) electrons. The average molecular weight is 437 g/mol. The maximum Gasteiger partial charge on any atom is 0.221 e. The molecule has 1 aliphatic rings. The first-order valence-corrected chi connectivity index (χ1v) is 11.5. The molecule has 1 aliphatic carbocycles. The van der Waals surface area contributed by atoms with E-state index in [-0.39, 0.29) is 11.9 Å². The molecule has 0 saturated heterocycles. The number of fused-ring (bicyclic) bond motifs is 1. The third-order valence-electron chi connectivity index (χ3n) is 5.74. The minimum atomic E-state index is 0.0660. The van der Waals surface area contributed by atoms with E-state index in [0.29, 0.717) is 30.5 Å². The number of rotatable bonds is 9. The SMILES string of the molecule is CC[C@H](C)NC(=O)CCN(Cc1ccccc1)c1nc(C2CC2)nc2cc(Cl)ccc12. The van der Waals surface area contributed by atoms with E-state index in [0.717, 1.165) is 41.8 Å². The van der Waals surface area contributed by atoms with Crippen LogP contribution in [0.5, 0.6) is 0 Å². The number of benzene rings is 2. The molecule has 162 valence electrons. The minimum absolute atomic E-state index is 0.0660. The van der Waals surface area contributed by atoms with Gasteiger partial charge >= 0.3 is 0 Å². The molecule has 0 bridgehead atoms. The van der Waals surface area contributed by atoms with Crippen LogP contribution < -0.4 is 10.2 Å². The Morgan fingerprint density at radius 2 is 1.97 bits per heavy atom. The molecule has 1 atom stereocenters. The number of amides is 1. The molecular weight excluding hydrogens is 408 g/mol. The minimum Gasteiger partial charge on any atom is -0.354 e. The molecule has 1 heterocycles. The van der Waals surface area contributed by atoms with Crippen molar-refractivity contribution in [3.05, 3.63) is 64.9 Å². The summed E-state index contributed by atoms with van der Waals surface area (Å²) < 4.78 is 0. The van der Waals surface area contributed by atoms with Crippen LogP contribution in [0.1, 0.15) is 56.8 Å². The van der Waals surface area contributed by atoms with E-state index in [1.807, 2.05) is 43.3 Å². The number of nitrogens with zero attached hydrogens (tertiary/aromatic N) is 3. The Morgan fingerprint density at radius 1 is 1.19 bits per heavy atom. The number of carbonyl (C=O) groups is 1. The second-order valence-corrected chi connectivity index (χ2v) is 8.81. The van der Waals surface area contributed by atoms with Crippen molar-refractivity contribution >= 4 is 34.2 Å². The van der Waals surface area contributed by atoms with Crippen molar-refractivity contribution in [3.63, 3.8) is 0 Å². The van der Waals surface area contributed by atoms with E-state index in [9.17, 15) is 4.79 Å². The molecular formula is C25H29ClN4O. The molecule has 2 aromatic carbocycles. The molecule has 1 saturated carbocycles. The molecule has 4 rings (SSSR count). The maximum absolute atomic E-state index is 12.5. The van der Waals surface area contributed by atoms with Crippen molar-refractivity contribution in [2.45, 2.75) is 58.0 Å². The molecule has 0 aliphatic heterocycles. The van der Waals surface area contributed by atoms with Gasteiger partial charge in [0.2, 0.25) is 5.91 Å². The fourth-order valence-corrected chi connectivity index (χ4v) is 3.78. The lowest BCUT2D eigenvalue weighted by Crippen LogP contribution is -2.35. The highest BCUT2D eigenvalue weighted by molar-refractivity contribution is 6.31. The Morgan fingerprint density at radius 3 is 2.68 bits per heavy atom. The number of nitrogens with one attached hydrogen (secondary N) is 1. The normalized spacial score (nSPS) is 14.4. The Bertz CT molecular complexity index is 1050. The number of aromatic nitrogens is 2. The first kappa shape index (κ1) is 21.6. The third kappa shape index (κ3) is 5.53. The van der Waals surface area contributed by atoms with E-state index in [1.165, 1.54) is 5.56 Å². The molecule has 3 aromatic rings. The Hall–Kier alpha value is -2.66. The quantitative estimate of drug-likeness (QED) is 0.483. The Balaban J connectivity index is 1.68. The fourth-order valence-electron chi connectivity index (χ4n) is 3.62. The predicted octanol–water partition coefficient (Wildman–Crippen LogP) is 5.47. The van der Waals surface area contributed by atoms with Gasteiger partial charge in [-0.15, -0.1) is 0 Å². The summed E-state index contributed by atoms with van der Waals surface area (Å²) in [6.45, 7) is 5.36. The van der Waals surface area contributed by atoms with Crippen molar-refractivity contribution < 1.29 is 4.79 Å². The van der Waals surface area contributed by atoms with Crippen LogP contribution in [0.25, 0.3) is 10.9 Å². The number of hydrogen-bond donors (Lipinski definition) is 1. The van der Waals surface area contributed by atoms with Gasteiger partial charge in [0.1, 0.15) is 11.6 Å². The van der Waals surface area contributed by atoms with Crippen LogP contribution >= 0.6 is 11.6 Å². The fraction of sp³-hybridized carbons (Fsp3) is 0.400. The zero-order valence-corrected chi connectivity index (χ0v) is 18.9. The molecule has 1 fully saturated rings. The topological polar surface area (TPSA) is 58.1 Å². The monoisotopic (exact) mass is 436 g/mol. The standard InChI is InChI=1S/C25H29ClN4O/c1-3-17(2)27-23(31)13-14-30(16-18-7-5-4-6-8-18)25-21-12-11-20(26)15-22(21)28-24(29-25)19-9-10-19/h4-8,11-12,15,17,19H,3,9-10,13-14,16H2,1-2H3,(H,27,31)/t17-/m0/s1. The lowest BCUT2D eigenvalue weighted by molar-refractivity contribution is -0.121. The second-order valence-electron chi connectivity index (χ2n) is 8.38. The molecule has 1 amide bonds. The van der Waals surface area contributed by atoms with Crippen LogP contribution in [-0.2, 0) is 11.3 Å². The van der Waals surface area contributed by atoms with Gasteiger partial charge in [0, 0.05) is 41.9 Å². The highest BCUT2D eigenvalue weighted by Gasteiger charge is 2.28. The van der Waals surface area contributed by atoms with Gasteiger partial charge < -0.3 is 10.2 Å². The van der Waals surface area contributed by atoms with Gasteiger partial charge in [-0.05, 0) is 49.9 Å². The second kappa shape index (κ2) is 9.65. The van der Waals surface area contributed by atoms with Crippen molar-refractivity contribution in [3.8, 4) is 0 Å². The summed E-state index contributed by atoms with van der Waals surface area (Å²) in [6.07, 6.45) is 3.58. The molecule has 1 N–H and O–H groups in total. The van der Waals surface area contributed by atoms with E-state index in [1.54, 1.807) is 0 Å². The van der Waals surface area contributed by atoms with Crippen LogP contribution in [0.3, 0.4) is 0 Å². The molecule has 6 heteroatoms. The lowest BCUT2D eigenvalue weighted by atomic mass is 10.1. The average Bonchev–Trinajstić information content (AvgIpc) is 3.61. The van der Waals surface area contributed by atoms with Crippen molar-refractivity contribution in [1.29, 1.82) is 0 Å². The third-order valence-corrected chi connectivity index (χ3v) is 5.98. The summed E-state index contributed by atoms with van der Waals surface area (Å²) in [5.41, 5.74) is 2.04. The molecule has 5 nitrogen and oxygen atoms in total. The van der Waals surface area contributed by atoms with Crippen molar-refractivity contribution in [2.75, 3.05) is 11.4 Å². The summed E-state index contributed by atoms with van der Waals surface area (Å²) >= 11 is 6.27. The Labute approximate surface area is 188 Å². The van der Waals surface area contributed by atoms with Crippen molar-refractivity contribution in [1.82, 2.24) is 15.3 Å². The summed E-state index contributed by atoms with van der Waals surface area (Å²) in [5.74, 6) is 2.25. The number of hydrogen-bond acceptors (Lipinski definition) is 4. The van der Waals surface area contributed by atoms with Gasteiger partial charge in [-0.1, -0.05) is 48.9 Å². The summed E-state index contributed by atoms with van der Waals surface area (Å²) in [6, 6.07) is 16.3. The number of carbonyl (C=O) groups excluding carboxylic acids is 1. The first-order valence-electron chi connectivity index (χ1n) is 11.1. The predicted molar refractivity (Wildman–Crippen MR) is 127 cm³/mol. The molecule has 1 aromatic heterocycles. The van der Waals surface area contributed by atoms with Crippen LogP contribution in [0.4, 0.5) is 5.82 Å². The van der Waals surface area contributed by atoms with Crippen LogP contribution in [0, 0.1) is 0 Å². The molecule has 0 spiro atoms. The zero-order valence-electron chi connectivity index (χ0n) is 18.1. The maximum atomic E-state index is 12.5. The van der Waals surface area contributed by atoms with E-state index < -0.39 is 0 Å².